The average molecular weight is 443 g/mol. The van der Waals surface area contributed by atoms with E-state index in [0.717, 1.165) is 55.8 Å². The van der Waals surface area contributed by atoms with Crippen molar-refractivity contribution in [3.05, 3.63) is 18.5 Å². The van der Waals surface area contributed by atoms with Gasteiger partial charge in [-0.05, 0) is 105 Å². The van der Waals surface area contributed by atoms with E-state index in [1.165, 1.54) is 30.7 Å². The molecule has 4 aliphatic carbocycles. The van der Waals surface area contributed by atoms with Crippen molar-refractivity contribution in [3.8, 4) is 0 Å². The van der Waals surface area contributed by atoms with E-state index in [1.54, 1.807) is 18.5 Å². The monoisotopic (exact) mass is 442 g/mol. The van der Waals surface area contributed by atoms with Crippen LogP contribution in [-0.4, -0.2) is 24.0 Å². The van der Waals surface area contributed by atoms with Crippen molar-refractivity contribution in [2.75, 3.05) is 24.0 Å². The number of Topliss-reactive ketones (excluding diaryl/α,β-unsaturated/α-hetero) is 1. The number of nitrogen functional groups attached to an aromatic ring is 1. The number of rotatable bonds is 5. The number of nitrogens with two attached hydrogens (primary N) is 2. The number of fused-ring (bicyclic) bond motifs is 5. The van der Waals surface area contributed by atoms with E-state index in [9.17, 15) is 9.18 Å². The maximum atomic E-state index is 13.4. The van der Waals surface area contributed by atoms with Crippen LogP contribution < -0.4 is 16.6 Å². The van der Waals surface area contributed by atoms with Gasteiger partial charge in [-0.3, -0.25) is 14.2 Å². The molecule has 0 bridgehead atoms. The van der Waals surface area contributed by atoms with Gasteiger partial charge in [-0.1, -0.05) is 6.92 Å². The topological polar surface area (TPSA) is 85.2 Å². The molecule has 8 atom stereocenters. The fraction of sp³-hybridized carbons (Fsp3) is 0.769. The van der Waals surface area contributed by atoms with Crippen LogP contribution in [0.1, 0.15) is 64.7 Å². The van der Waals surface area contributed by atoms with Crippen molar-refractivity contribution in [2.45, 2.75) is 64.7 Å². The SMILES string of the molecule is CC12CCC3C4CCC(CF)CC4CCC3C1CCC2C(=O)CN(N)c1cnccc1N. The maximum Gasteiger partial charge on any atom is 0.157 e. The minimum Gasteiger partial charge on any atom is -0.397 e. The van der Waals surface area contributed by atoms with E-state index in [-0.39, 0.29) is 30.3 Å². The maximum absolute atomic E-state index is 13.4. The zero-order valence-electron chi connectivity index (χ0n) is 19.4. The second-order valence-corrected chi connectivity index (χ2v) is 11.5. The number of nitrogens with zero attached hydrogens (tertiary/aromatic N) is 2. The number of carbonyl (C=O) groups is 1. The molecule has 5 rings (SSSR count). The summed E-state index contributed by atoms with van der Waals surface area (Å²) in [6.45, 7) is 2.44. The molecule has 0 amide bonds. The number of carbonyl (C=O) groups excluding carboxylic acids is 1. The lowest BCUT2D eigenvalue weighted by atomic mass is 9.49. The van der Waals surface area contributed by atoms with Crippen LogP contribution in [0.5, 0.6) is 0 Å². The Kier molecular flexibility index (Phi) is 5.93. The molecule has 176 valence electrons. The summed E-state index contributed by atoms with van der Waals surface area (Å²) in [5.74, 6) is 10.6. The summed E-state index contributed by atoms with van der Waals surface area (Å²) in [5, 5.41) is 1.47. The van der Waals surface area contributed by atoms with Crippen molar-refractivity contribution < 1.29 is 9.18 Å². The highest BCUT2D eigenvalue weighted by molar-refractivity contribution is 5.87. The summed E-state index contributed by atoms with van der Waals surface area (Å²) in [7, 11) is 0. The molecule has 0 aliphatic heterocycles. The number of hydrazine groups is 1. The molecule has 8 unspecified atom stereocenters. The number of pyridine rings is 1. The molecule has 4 saturated carbocycles. The van der Waals surface area contributed by atoms with Gasteiger partial charge in [0.15, 0.2) is 5.78 Å². The number of halogens is 1. The predicted molar refractivity (Wildman–Crippen MR) is 125 cm³/mol. The molecule has 0 saturated heterocycles. The number of anilines is 2. The second kappa shape index (κ2) is 8.58. The van der Waals surface area contributed by atoms with Crippen molar-refractivity contribution in [1.29, 1.82) is 0 Å². The Morgan fingerprint density at radius 3 is 2.75 bits per heavy atom. The fourth-order valence-electron chi connectivity index (χ4n) is 8.62. The van der Waals surface area contributed by atoms with Crippen LogP contribution in [0.25, 0.3) is 0 Å². The Morgan fingerprint density at radius 1 is 1.16 bits per heavy atom. The summed E-state index contributed by atoms with van der Waals surface area (Å²) in [6, 6.07) is 1.71. The molecule has 5 nitrogen and oxygen atoms in total. The van der Waals surface area contributed by atoms with Crippen LogP contribution in [0.4, 0.5) is 15.8 Å². The van der Waals surface area contributed by atoms with Gasteiger partial charge in [0.05, 0.1) is 30.8 Å². The van der Waals surface area contributed by atoms with Gasteiger partial charge in [0.1, 0.15) is 0 Å². The Morgan fingerprint density at radius 2 is 1.97 bits per heavy atom. The van der Waals surface area contributed by atoms with Gasteiger partial charge in [0, 0.05) is 12.1 Å². The lowest BCUT2D eigenvalue weighted by Crippen LogP contribution is -2.50. The first-order valence-electron chi connectivity index (χ1n) is 12.7. The van der Waals surface area contributed by atoms with Crippen molar-refractivity contribution in [1.82, 2.24) is 4.98 Å². The number of ketones is 1. The molecule has 4 fully saturated rings. The highest BCUT2D eigenvalue weighted by Crippen LogP contribution is 2.64. The normalized spacial score (nSPS) is 40.8. The first kappa shape index (κ1) is 22.1. The average Bonchev–Trinajstić information content (AvgIpc) is 3.16. The number of aromatic nitrogens is 1. The zero-order chi connectivity index (χ0) is 22.5. The molecule has 0 radical (unpaired) electrons. The first-order valence-corrected chi connectivity index (χ1v) is 12.7. The zero-order valence-corrected chi connectivity index (χ0v) is 19.4. The van der Waals surface area contributed by atoms with E-state index in [2.05, 4.69) is 11.9 Å². The van der Waals surface area contributed by atoms with Crippen LogP contribution in [0.2, 0.25) is 0 Å². The molecule has 6 heteroatoms. The van der Waals surface area contributed by atoms with Gasteiger partial charge in [0.2, 0.25) is 0 Å². The van der Waals surface area contributed by atoms with Gasteiger partial charge >= 0.3 is 0 Å². The molecule has 1 aromatic heterocycles. The summed E-state index contributed by atoms with van der Waals surface area (Å²) < 4.78 is 13.3. The molecule has 32 heavy (non-hydrogen) atoms. The lowest BCUT2D eigenvalue weighted by molar-refractivity contribution is -0.129. The van der Waals surface area contributed by atoms with Crippen LogP contribution in [0.3, 0.4) is 0 Å². The smallest absolute Gasteiger partial charge is 0.157 e. The van der Waals surface area contributed by atoms with Crippen molar-refractivity contribution >= 4 is 17.2 Å². The van der Waals surface area contributed by atoms with Gasteiger partial charge in [-0.25, -0.2) is 5.84 Å². The van der Waals surface area contributed by atoms with E-state index in [4.69, 9.17) is 11.6 Å². The largest absolute Gasteiger partial charge is 0.397 e. The molecular weight excluding hydrogens is 403 g/mol. The third-order valence-electron chi connectivity index (χ3n) is 10.1. The second-order valence-electron chi connectivity index (χ2n) is 11.5. The van der Waals surface area contributed by atoms with E-state index < -0.39 is 0 Å². The summed E-state index contributed by atoms with van der Waals surface area (Å²) in [6.07, 6.45) is 13.8. The van der Waals surface area contributed by atoms with Gasteiger partial charge < -0.3 is 10.7 Å². The van der Waals surface area contributed by atoms with Gasteiger partial charge in [0.25, 0.3) is 0 Å². The van der Waals surface area contributed by atoms with Crippen molar-refractivity contribution in [3.63, 3.8) is 0 Å². The van der Waals surface area contributed by atoms with E-state index in [1.807, 2.05) is 0 Å². The highest BCUT2D eigenvalue weighted by atomic mass is 19.1. The predicted octanol–water partition coefficient (Wildman–Crippen LogP) is 4.77. The Labute approximate surface area is 191 Å². The van der Waals surface area contributed by atoms with Crippen LogP contribution in [-0.2, 0) is 4.79 Å². The lowest BCUT2D eigenvalue weighted by Gasteiger charge is -2.56. The minimum atomic E-state index is -0.134. The Bertz CT molecular complexity index is 849. The molecule has 1 aromatic rings. The molecule has 4 aliphatic rings. The number of alkyl halides is 1. The highest BCUT2D eigenvalue weighted by Gasteiger charge is 2.58. The first-order chi connectivity index (χ1) is 15.4. The third-order valence-corrected chi connectivity index (χ3v) is 10.1. The number of hydrogen-bond acceptors (Lipinski definition) is 5. The van der Waals surface area contributed by atoms with Crippen molar-refractivity contribution in [2.24, 2.45) is 52.7 Å². The standard InChI is InChI=1S/C26H39FN4O/c1-26-10-8-19-18-4-2-16(13-27)12-17(18)3-5-20(19)21(26)6-7-22(26)25(32)15-31(29)24-14-30-11-9-23(24)28/h9,11,14,16-22H,2-8,10,12-13,15,29H2,1H3,(H2,28,30). The molecule has 0 spiro atoms. The van der Waals surface area contributed by atoms with Gasteiger partial charge in [-0.15, -0.1) is 0 Å². The summed E-state index contributed by atoms with van der Waals surface area (Å²) in [5.41, 5.74) is 7.28. The Hall–Kier alpha value is -1.69. The minimum absolute atomic E-state index is 0.0809. The summed E-state index contributed by atoms with van der Waals surface area (Å²) >= 11 is 0. The molecule has 1 heterocycles. The van der Waals surface area contributed by atoms with Crippen LogP contribution >= 0.6 is 0 Å². The Balaban J connectivity index is 1.28. The number of hydrogen-bond donors (Lipinski definition) is 2. The van der Waals surface area contributed by atoms with E-state index in [0.29, 0.717) is 23.2 Å². The summed E-state index contributed by atoms with van der Waals surface area (Å²) in [4.78, 5) is 17.5. The fourth-order valence-corrected chi connectivity index (χ4v) is 8.62. The van der Waals surface area contributed by atoms with E-state index >= 15 is 0 Å². The van der Waals surface area contributed by atoms with Gasteiger partial charge in [-0.2, -0.15) is 0 Å². The molecule has 0 aromatic carbocycles. The third kappa shape index (κ3) is 3.63. The molecular formula is C26H39FN4O. The van der Waals surface area contributed by atoms with Crippen LogP contribution in [0.15, 0.2) is 18.5 Å². The van der Waals surface area contributed by atoms with Crippen LogP contribution in [0, 0.1) is 46.8 Å². The quantitative estimate of drug-likeness (QED) is 0.507. The molecule has 4 N–H and O–H groups in total.